The van der Waals surface area contributed by atoms with E-state index in [0.717, 1.165) is 35.7 Å². The molecular weight excluding hydrogens is 284 g/mol. The topological polar surface area (TPSA) is 33.6 Å². The molecule has 0 aliphatic heterocycles. The quantitative estimate of drug-likeness (QED) is 0.604. The minimum absolute atomic E-state index is 0.712. The highest BCUT2D eigenvalue weighted by molar-refractivity contribution is 6.30. The van der Waals surface area contributed by atoms with Crippen LogP contribution in [0.5, 0.6) is 5.75 Å². The normalized spacial score (nSPS) is 11.3. The Bertz CT molecular complexity index is 591. The summed E-state index contributed by atoms with van der Waals surface area (Å²) < 4.78 is 5.56. The van der Waals surface area contributed by atoms with Gasteiger partial charge in [0.05, 0.1) is 18.0 Å². The summed E-state index contributed by atoms with van der Waals surface area (Å²) in [5, 5.41) is 5.08. The Labute approximate surface area is 130 Å². The Morgan fingerprint density at radius 2 is 1.76 bits per heavy atom. The molecular formula is C17H19ClN2O. The molecule has 1 N–H and O–H groups in total. The zero-order valence-corrected chi connectivity index (χ0v) is 13.0. The van der Waals surface area contributed by atoms with E-state index in [1.54, 1.807) is 0 Å². The van der Waals surface area contributed by atoms with Gasteiger partial charge in [0, 0.05) is 5.02 Å². The predicted octanol–water partition coefficient (Wildman–Crippen LogP) is 4.96. The van der Waals surface area contributed by atoms with Gasteiger partial charge in [-0.3, -0.25) is 5.43 Å². The summed E-state index contributed by atoms with van der Waals surface area (Å²) in [6.45, 7) is 4.79. The molecule has 0 aliphatic carbocycles. The van der Waals surface area contributed by atoms with Crippen LogP contribution in [0.3, 0.4) is 0 Å². The lowest BCUT2D eigenvalue weighted by atomic mass is 10.1. The van der Waals surface area contributed by atoms with Crippen molar-refractivity contribution >= 4 is 23.0 Å². The zero-order valence-electron chi connectivity index (χ0n) is 12.3. The predicted molar refractivity (Wildman–Crippen MR) is 89.5 cm³/mol. The fourth-order valence-electron chi connectivity index (χ4n) is 1.75. The first-order valence-electron chi connectivity index (χ1n) is 6.98. The summed E-state index contributed by atoms with van der Waals surface area (Å²) in [6, 6.07) is 15.4. The first-order chi connectivity index (χ1) is 10.2. The van der Waals surface area contributed by atoms with Crippen LogP contribution in [-0.2, 0) is 0 Å². The van der Waals surface area contributed by atoms with Gasteiger partial charge in [0.25, 0.3) is 0 Å². The van der Waals surface area contributed by atoms with Gasteiger partial charge >= 0.3 is 0 Å². The largest absolute Gasteiger partial charge is 0.494 e. The Morgan fingerprint density at radius 3 is 2.38 bits per heavy atom. The first kappa shape index (κ1) is 15.4. The first-order valence-corrected chi connectivity index (χ1v) is 7.36. The average Bonchev–Trinajstić information content (AvgIpc) is 2.52. The molecule has 0 aliphatic rings. The van der Waals surface area contributed by atoms with E-state index in [9.17, 15) is 0 Å². The minimum Gasteiger partial charge on any atom is -0.494 e. The van der Waals surface area contributed by atoms with Crippen molar-refractivity contribution in [3.05, 3.63) is 59.1 Å². The number of halogens is 1. The maximum absolute atomic E-state index is 5.85. The van der Waals surface area contributed by atoms with Crippen molar-refractivity contribution in [1.82, 2.24) is 0 Å². The van der Waals surface area contributed by atoms with Crippen LogP contribution in [0.25, 0.3) is 0 Å². The minimum atomic E-state index is 0.712. The number of anilines is 1. The number of hydrazone groups is 1. The van der Waals surface area contributed by atoms with E-state index in [0.29, 0.717) is 5.02 Å². The second kappa shape index (κ2) is 7.70. The van der Waals surface area contributed by atoms with Crippen LogP contribution in [0.15, 0.2) is 53.6 Å². The van der Waals surface area contributed by atoms with E-state index in [1.165, 1.54) is 0 Å². The van der Waals surface area contributed by atoms with Crippen LogP contribution in [-0.4, -0.2) is 12.3 Å². The molecule has 0 spiro atoms. The molecule has 2 rings (SSSR count). The lowest BCUT2D eigenvalue weighted by Crippen LogP contribution is -2.00. The SMILES string of the molecule is CCCOc1ccc(/C(C)=N\Nc2ccc(Cl)cc2)cc1. The Hall–Kier alpha value is -2.00. The molecule has 0 fully saturated rings. The van der Waals surface area contributed by atoms with Gasteiger partial charge < -0.3 is 4.74 Å². The molecule has 2 aromatic rings. The number of benzene rings is 2. The molecule has 0 saturated heterocycles. The van der Waals surface area contributed by atoms with Gasteiger partial charge in [-0.15, -0.1) is 0 Å². The van der Waals surface area contributed by atoms with E-state index >= 15 is 0 Å². The molecule has 0 unspecified atom stereocenters. The van der Waals surface area contributed by atoms with Crippen molar-refractivity contribution in [1.29, 1.82) is 0 Å². The van der Waals surface area contributed by atoms with Gasteiger partial charge in [-0.05, 0) is 67.4 Å². The second-order valence-corrected chi connectivity index (χ2v) is 5.13. The number of nitrogens with one attached hydrogen (secondary N) is 1. The van der Waals surface area contributed by atoms with Crippen LogP contribution < -0.4 is 10.2 Å². The summed E-state index contributed by atoms with van der Waals surface area (Å²) >= 11 is 5.85. The third-order valence-electron chi connectivity index (χ3n) is 2.94. The fraction of sp³-hybridized carbons (Fsp3) is 0.235. The van der Waals surface area contributed by atoms with Crippen molar-refractivity contribution in [2.24, 2.45) is 5.10 Å². The van der Waals surface area contributed by atoms with E-state index in [2.05, 4.69) is 17.5 Å². The van der Waals surface area contributed by atoms with Crippen LogP contribution >= 0.6 is 11.6 Å². The van der Waals surface area contributed by atoms with Crippen LogP contribution in [0, 0.1) is 0 Å². The third-order valence-corrected chi connectivity index (χ3v) is 3.19. The van der Waals surface area contributed by atoms with Gasteiger partial charge in [-0.1, -0.05) is 18.5 Å². The molecule has 0 atom stereocenters. The van der Waals surface area contributed by atoms with Crippen LogP contribution in [0.2, 0.25) is 5.02 Å². The highest BCUT2D eigenvalue weighted by Gasteiger charge is 1.99. The summed E-state index contributed by atoms with van der Waals surface area (Å²) in [5.74, 6) is 0.888. The van der Waals surface area contributed by atoms with Gasteiger partial charge in [-0.25, -0.2) is 0 Å². The molecule has 0 radical (unpaired) electrons. The Morgan fingerprint density at radius 1 is 1.10 bits per heavy atom. The van der Waals surface area contributed by atoms with Gasteiger partial charge in [0.15, 0.2) is 0 Å². The highest BCUT2D eigenvalue weighted by atomic mass is 35.5. The number of rotatable bonds is 6. The molecule has 0 saturated carbocycles. The summed E-state index contributed by atoms with van der Waals surface area (Å²) in [7, 11) is 0. The maximum Gasteiger partial charge on any atom is 0.119 e. The van der Waals surface area contributed by atoms with Crippen molar-refractivity contribution in [2.45, 2.75) is 20.3 Å². The Kier molecular flexibility index (Phi) is 5.64. The van der Waals surface area contributed by atoms with Crippen molar-refractivity contribution in [3.8, 4) is 5.75 Å². The standard InChI is InChI=1S/C17H19ClN2O/c1-3-12-21-17-10-4-14(5-11-17)13(2)19-20-16-8-6-15(18)7-9-16/h4-11,20H,3,12H2,1-2H3/b19-13-. The van der Waals surface area contributed by atoms with Crippen molar-refractivity contribution in [2.75, 3.05) is 12.0 Å². The lowest BCUT2D eigenvalue weighted by Gasteiger charge is -2.06. The maximum atomic E-state index is 5.85. The van der Waals surface area contributed by atoms with E-state index in [4.69, 9.17) is 16.3 Å². The van der Waals surface area contributed by atoms with Crippen molar-refractivity contribution < 1.29 is 4.74 Å². The molecule has 0 amide bonds. The Balaban J connectivity index is 1.99. The van der Waals surface area contributed by atoms with Gasteiger partial charge in [-0.2, -0.15) is 5.10 Å². The van der Waals surface area contributed by atoms with E-state index in [1.807, 2.05) is 55.5 Å². The molecule has 21 heavy (non-hydrogen) atoms. The van der Waals surface area contributed by atoms with Crippen LogP contribution in [0.1, 0.15) is 25.8 Å². The molecule has 110 valence electrons. The summed E-state index contributed by atoms with van der Waals surface area (Å²) in [5.41, 5.74) is 5.89. The second-order valence-electron chi connectivity index (χ2n) is 4.69. The fourth-order valence-corrected chi connectivity index (χ4v) is 1.88. The molecule has 4 heteroatoms. The summed E-state index contributed by atoms with van der Waals surface area (Å²) in [4.78, 5) is 0. The number of nitrogens with zero attached hydrogens (tertiary/aromatic N) is 1. The lowest BCUT2D eigenvalue weighted by molar-refractivity contribution is 0.317. The number of ether oxygens (including phenoxy) is 1. The van der Waals surface area contributed by atoms with Gasteiger partial charge in [0.2, 0.25) is 0 Å². The zero-order chi connectivity index (χ0) is 15.1. The molecule has 0 heterocycles. The highest BCUT2D eigenvalue weighted by Crippen LogP contribution is 2.15. The smallest absolute Gasteiger partial charge is 0.119 e. The average molecular weight is 303 g/mol. The number of hydrogen-bond acceptors (Lipinski definition) is 3. The van der Waals surface area contributed by atoms with E-state index < -0.39 is 0 Å². The third kappa shape index (κ3) is 4.80. The molecule has 0 bridgehead atoms. The number of hydrogen-bond donors (Lipinski definition) is 1. The molecule has 2 aromatic carbocycles. The van der Waals surface area contributed by atoms with Crippen molar-refractivity contribution in [3.63, 3.8) is 0 Å². The van der Waals surface area contributed by atoms with Crippen LogP contribution in [0.4, 0.5) is 5.69 Å². The monoisotopic (exact) mass is 302 g/mol. The molecule has 0 aromatic heterocycles. The van der Waals surface area contributed by atoms with Gasteiger partial charge in [0.1, 0.15) is 5.75 Å². The molecule has 3 nitrogen and oxygen atoms in total. The summed E-state index contributed by atoms with van der Waals surface area (Å²) in [6.07, 6.45) is 1.01. The van der Waals surface area contributed by atoms with E-state index in [-0.39, 0.29) is 0 Å².